The van der Waals surface area contributed by atoms with E-state index in [1.807, 2.05) is 0 Å². The third kappa shape index (κ3) is 31.2. The summed E-state index contributed by atoms with van der Waals surface area (Å²) >= 11 is 0. The molecule has 1 fully saturated rings. The Morgan fingerprint density at radius 3 is 1.37 bits per heavy atom. The summed E-state index contributed by atoms with van der Waals surface area (Å²) in [5, 5.41) is 75.8. The van der Waals surface area contributed by atoms with E-state index in [1.54, 1.807) is 0 Å². The van der Waals surface area contributed by atoms with Gasteiger partial charge in [-0.05, 0) is 64.2 Å². The molecule has 1 heterocycles. The Hall–Kier alpha value is -1.41. The van der Waals surface area contributed by atoms with Gasteiger partial charge in [0.1, 0.15) is 36.6 Å². The van der Waals surface area contributed by atoms with Gasteiger partial charge in [0.2, 0.25) is 5.91 Å². The average molecular weight is 898 g/mol. The number of aliphatic hydroxyl groups is 7. The van der Waals surface area contributed by atoms with Crippen LogP contribution in [0.15, 0.2) is 24.3 Å². The maximum atomic E-state index is 13.1. The Labute approximate surface area is 384 Å². The van der Waals surface area contributed by atoms with Crippen LogP contribution in [-0.2, 0) is 14.3 Å². The molecular formula is C52H99NO10. The van der Waals surface area contributed by atoms with Crippen molar-refractivity contribution in [2.24, 2.45) is 0 Å². The van der Waals surface area contributed by atoms with E-state index in [9.17, 15) is 40.5 Å². The van der Waals surface area contributed by atoms with Crippen LogP contribution in [0.25, 0.3) is 0 Å². The highest BCUT2D eigenvalue weighted by molar-refractivity contribution is 5.80. The second kappa shape index (κ2) is 42.0. The summed E-state index contributed by atoms with van der Waals surface area (Å²) in [4.78, 5) is 13.1. The Kier molecular flexibility index (Phi) is 39.7. The first-order chi connectivity index (χ1) is 30.7. The fraction of sp³-hybridized carbons (Fsp3) is 0.904. The zero-order chi connectivity index (χ0) is 46.2. The number of hydrogen-bond donors (Lipinski definition) is 8. The van der Waals surface area contributed by atoms with Crippen LogP contribution in [0.5, 0.6) is 0 Å². The molecule has 9 atom stereocenters. The highest BCUT2D eigenvalue weighted by atomic mass is 16.7. The number of nitrogens with one attached hydrogen (secondary N) is 1. The minimum Gasteiger partial charge on any atom is -0.394 e. The number of hydrogen-bond acceptors (Lipinski definition) is 10. The summed E-state index contributed by atoms with van der Waals surface area (Å²) in [5.41, 5.74) is 0. The second-order valence-electron chi connectivity index (χ2n) is 18.6. The number of amides is 1. The molecule has 0 radical (unpaired) electrons. The van der Waals surface area contributed by atoms with Crippen LogP contribution in [0, 0.1) is 0 Å². The van der Waals surface area contributed by atoms with E-state index in [1.165, 1.54) is 148 Å². The van der Waals surface area contributed by atoms with Gasteiger partial charge in [-0.3, -0.25) is 4.79 Å². The van der Waals surface area contributed by atoms with Crippen molar-refractivity contribution >= 4 is 5.91 Å². The summed E-state index contributed by atoms with van der Waals surface area (Å²) in [6.45, 7) is 3.43. The van der Waals surface area contributed by atoms with Crippen molar-refractivity contribution in [3.8, 4) is 0 Å². The van der Waals surface area contributed by atoms with Crippen LogP contribution in [0.2, 0.25) is 0 Å². The molecule has 0 bridgehead atoms. The molecule has 372 valence electrons. The smallest absolute Gasteiger partial charge is 0.249 e. The van der Waals surface area contributed by atoms with Crippen LogP contribution >= 0.6 is 0 Å². The number of ether oxygens (including phenoxy) is 2. The van der Waals surface area contributed by atoms with E-state index >= 15 is 0 Å². The van der Waals surface area contributed by atoms with E-state index in [2.05, 4.69) is 43.5 Å². The summed E-state index contributed by atoms with van der Waals surface area (Å²) in [5.74, 6) is -0.709. The van der Waals surface area contributed by atoms with Gasteiger partial charge in [-0.1, -0.05) is 192 Å². The van der Waals surface area contributed by atoms with E-state index in [0.29, 0.717) is 12.8 Å². The maximum absolute atomic E-state index is 13.1. The molecule has 1 aliphatic heterocycles. The Morgan fingerprint density at radius 2 is 0.937 bits per heavy atom. The first kappa shape index (κ1) is 59.6. The third-order valence-electron chi connectivity index (χ3n) is 12.7. The quantitative estimate of drug-likeness (QED) is 0.0216. The largest absolute Gasteiger partial charge is 0.394 e. The van der Waals surface area contributed by atoms with Crippen LogP contribution < -0.4 is 5.32 Å². The van der Waals surface area contributed by atoms with Crippen molar-refractivity contribution in [2.75, 3.05) is 13.2 Å². The van der Waals surface area contributed by atoms with Gasteiger partial charge < -0.3 is 50.5 Å². The molecular weight excluding hydrogens is 799 g/mol. The molecule has 0 spiro atoms. The zero-order valence-corrected chi connectivity index (χ0v) is 40.3. The molecule has 11 nitrogen and oxygen atoms in total. The number of rotatable bonds is 44. The fourth-order valence-corrected chi connectivity index (χ4v) is 8.38. The van der Waals surface area contributed by atoms with Gasteiger partial charge in [-0.15, -0.1) is 0 Å². The van der Waals surface area contributed by atoms with Crippen molar-refractivity contribution in [3.63, 3.8) is 0 Å². The van der Waals surface area contributed by atoms with Gasteiger partial charge in [0.05, 0.1) is 25.4 Å². The number of aliphatic hydroxyl groups excluding tert-OH is 7. The molecule has 9 unspecified atom stereocenters. The lowest BCUT2D eigenvalue weighted by Crippen LogP contribution is -2.60. The molecule has 0 aliphatic carbocycles. The summed E-state index contributed by atoms with van der Waals surface area (Å²) in [6, 6.07) is -1.18. The molecule has 1 aliphatic rings. The number of allylic oxidation sites excluding steroid dienone is 4. The van der Waals surface area contributed by atoms with Gasteiger partial charge in [0.25, 0.3) is 0 Å². The van der Waals surface area contributed by atoms with E-state index in [0.717, 1.165) is 44.9 Å². The van der Waals surface area contributed by atoms with Gasteiger partial charge in [0.15, 0.2) is 6.29 Å². The monoisotopic (exact) mass is 898 g/mol. The first-order valence-corrected chi connectivity index (χ1v) is 26.2. The normalized spacial score (nSPS) is 21.3. The Balaban J connectivity index is 2.35. The average Bonchev–Trinajstić information content (AvgIpc) is 3.28. The lowest BCUT2D eigenvalue weighted by Gasteiger charge is -2.40. The highest BCUT2D eigenvalue weighted by Crippen LogP contribution is 2.23. The van der Waals surface area contributed by atoms with Gasteiger partial charge >= 0.3 is 0 Å². The van der Waals surface area contributed by atoms with Gasteiger partial charge in [-0.2, -0.15) is 0 Å². The van der Waals surface area contributed by atoms with Gasteiger partial charge in [-0.25, -0.2) is 0 Å². The maximum Gasteiger partial charge on any atom is 0.249 e. The predicted molar refractivity (Wildman–Crippen MR) is 256 cm³/mol. The molecule has 1 rings (SSSR count). The molecule has 0 aromatic carbocycles. The van der Waals surface area contributed by atoms with Crippen LogP contribution in [0.3, 0.4) is 0 Å². The lowest BCUT2D eigenvalue weighted by atomic mass is 9.98. The molecule has 8 N–H and O–H groups in total. The van der Waals surface area contributed by atoms with Crippen molar-refractivity contribution in [3.05, 3.63) is 24.3 Å². The molecule has 0 saturated carbocycles. The Morgan fingerprint density at radius 1 is 0.540 bits per heavy atom. The fourth-order valence-electron chi connectivity index (χ4n) is 8.38. The molecule has 11 heteroatoms. The molecule has 1 saturated heterocycles. The van der Waals surface area contributed by atoms with Crippen molar-refractivity contribution in [1.82, 2.24) is 5.32 Å². The SMILES string of the molecule is CCCCCCCCCC/C=C/CCCC(O)C(O)C(COC1OC(CO)C(O)C(O)C1O)NC(=O)C(O)CCCCCCCCC/C=C\CCCCCCCCCCCCCC. The predicted octanol–water partition coefficient (Wildman–Crippen LogP) is 9.79. The van der Waals surface area contributed by atoms with Crippen LogP contribution in [-0.4, -0.2) is 110 Å². The van der Waals surface area contributed by atoms with E-state index in [-0.39, 0.29) is 12.8 Å². The number of carbonyl (C=O) groups excluding carboxylic acids is 1. The second-order valence-corrected chi connectivity index (χ2v) is 18.6. The van der Waals surface area contributed by atoms with E-state index < -0.39 is 74.2 Å². The summed E-state index contributed by atoms with van der Waals surface area (Å²) in [7, 11) is 0. The standard InChI is InChI=1S/C52H99NO10/c1-3-5-7-9-11-13-15-17-18-19-20-21-22-23-24-25-26-28-30-32-34-36-38-40-45(56)51(61)53-43(42-62-52-50(60)49(59)48(58)46(41-54)63-52)47(57)44(55)39-37-35-33-31-29-27-16-14-12-10-8-6-4-2/h23-24,31,33,43-50,52,54-60H,3-22,25-30,32,34-42H2,1-2H3,(H,53,61)/b24-23-,33-31+. The van der Waals surface area contributed by atoms with E-state index in [4.69, 9.17) is 9.47 Å². The Bertz CT molecular complexity index is 1080. The van der Waals surface area contributed by atoms with Gasteiger partial charge in [0, 0.05) is 0 Å². The molecule has 0 aromatic heterocycles. The topological polar surface area (TPSA) is 189 Å². The lowest BCUT2D eigenvalue weighted by molar-refractivity contribution is -0.303. The molecule has 0 aromatic rings. The van der Waals surface area contributed by atoms with Crippen molar-refractivity contribution in [2.45, 2.75) is 287 Å². The van der Waals surface area contributed by atoms with Crippen LogP contribution in [0.4, 0.5) is 0 Å². The van der Waals surface area contributed by atoms with Crippen molar-refractivity contribution in [1.29, 1.82) is 0 Å². The third-order valence-corrected chi connectivity index (χ3v) is 12.7. The summed E-state index contributed by atoms with van der Waals surface area (Å²) < 4.78 is 11.1. The molecule has 63 heavy (non-hydrogen) atoms. The minimum atomic E-state index is -1.67. The number of unbranched alkanes of at least 4 members (excludes halogenated alkanes) is 28. The zero-order valence-electron chi connectivity index (χ0n) is 40.3. The summed E-state index contributed by atoms with van der Waals surface area (Å²) in [6.07, 6.45) is 36.6. The highest BCUT2D eigenvalue weighted by Gasteiger charge is 2.44. The van der Waals surface area contributed by atoms with Crippen molar-refractivity contribution < 1.29 is 50.0 Å². The first-order valence-electron chi connectivity index (χ1n) is 26.2. The molecule has 1 amide bonds. The minimum absolute atomic E-state index is 0.250. The van der Waals surface area contributed by atoms with Crippen LogP contribution in [0.1, 0.15) is 232 Å². The number of carbonyl (C=O) groups is 1.